The first-order valence-corrected chi connectivity index (χ1v) is 7.42. The predicted molar refractivity (Wildman–Crippen MR) is 75.5 cm³/mol. The fourth-order valence-corrected chi connectivity index (χ4v) is 3.12. The van der Waals surface area contributed by atoms with Gasteiger partial charge in [0.1, 0.15) is 0 Å². The van der Waals surface area contributed by atoms with Gasteiger partial charge in [0.05, 0.1) is 11.1 Å². The van der Waals surface area contributed by atoms with E-state index in [1.54, 1.807) is 0 Å². The van der Waals surface area contributed by atoms with E-state index in [-0.39, 0.29) is 0 Å². The second-order valence-electron chi connectivity index (χ2n) is 5.10. The van der Waals surface area contributed by atoms with Crippen molar-refractivity contribution >= 4 is 15.9 Å². The van der Waals surface area contributed by atoms with Crippen molar-refractivity contribution in [3.05, 3.63) is 22.2 Å². The molecule has 0 radical (unpaired) electrons. The molecule has 1 N–H and O–H groups in total. The minimum atomic E-state index is 0.306. The van der Waals surface area contributed by atoms with Crippen molar-refractivity contribution in [2.75, 3.05) is 20.0 Å². The summed E-state index contributed by atoms with van der Waals surface area (Å²) in [6.45, 7) is 5.13. The summed E-state index contributed by atoms with van der Waals surface area (Å²) in [5.41, 5.74) is 1.20. The van der Waals surface area contributed by atoms with Gasteiger partial charge in [-0.2, -0.15) is 0 Å². The third-order valence-corrected chi connectivity index (χ3v) is 4.38. The molecule has 2 heterocycles. The van der Waals surface area contributed by atoms with Gasteiger partial charge in [-0.15, -0.1) is 0 Å². The minimum Gasteiger partial charge on any atom is -0.454 e. The van der Waals surface area contributed by atoms with Gasteiger partial charge >= 0.3 is 0 Å². The summed E-state index contributed by atoms with van der Waals surface area (Å²) >= 11 is 3.52. The largest absolute Gasteiger partial charge is 0.454 e. The lowest BCUT2D eigenvalue weighted by molar-refractivity contribution is 0.173. The smallest absolute Gasteiger partial charge is 0.231 e. The van der Waals surface area contributed by atoms with Crippen LogP contribution in [0, 0.1) is 5.92 Å². The van der Waals surface area contributed by atoms with Gasteiger partial charge in [-0.1, -0.05) is 0 Å². The van der Waals surface area contributed by atoms with Gasteiger partial charge in [0.2, 0.25) is 6.79 Å². The summed E-state index contributed by atoms with van der Waals surface area (Å²) in [6.07, 6.45) is 1.15. The number of ether oxygens (including phenoxy) is 3. The highest BCUT2D eigenvalue weighted by Crippen LogP contribution is 2.39. The lowest BCUT2D eigenvalue weighted by Gasteiger charge is -2.19. The van der Waals surface area contributed by atoms with E-state index in [4.69, 9.17) is 14.2 Å². The van der Waals surface area contributed by atoms with Gasteiger partial charge in [-0.3, -0.25) is 0 Å². The highest BCUT2D eigenvalue weighted by atomic mass is 79.9. The molecule has 2 atom stereocenters. The van der Waals surface area contributed by atoms with Crippen LogP contribution in [-0.4, -0.2) is 26.0 Å². The van der Waals surface area contributed by atoms with E-state index < -0.39 is 0 Å². The Morgan fingerprint density at radius 1 is 1.42 bits per heavy atom. The van der Waals surface area contributed by atoms with Crippen LogP contribution in [0.5, 0.6) is 11.5 Å². The normalized spacial score (nSPS) is 22.7. The summed E-state index contributed by atoms with van der Waals surface area (Å²) in [5, 5.41) is 3.56. The average Bonchev–Trinajstić information content (AvgIpc) is 3.06. The minimum absolute atomic E-state index is 0.306. The van der Waals surface area contributed by atoms with E-state index in [1.807, 2.05) is 6.07 Å². The van der Waals surface area contributed by atoms with Gasteiger partial charge in [0.15, 0.2) is 11.5 Å². The number of hydrogen-bond acceptors (Lipinski definition) is 4. The molecular weight excluding hydrogens is 310 g/mol. The summed E-state index contributed by atoms with van der Waals surface area (Å²) in [6, 6.07) is 4.59. The summed E-state index contributed by atoms with van der Waals surface area (Å²) < 4.78 is 17.2. The molecule has 19 heavy (non-hydrogen) atoms. The van der Waals surface area contributed by atoms with Crippen LogP contribution < -0.4 is 14.8 Å². The number of fused-ring (bicyclic) bond motifs is 1. The number of rotatable bonds is 4. The molecule has 104 valence electrons. The molecule has 0 saturated carbocycles. The van der Waals surface area contributed by atoms with Crippen LogP contribution in [0.3, 0.4) is 0 Å². The van der Waals surface area contributed by atoms with Crippen LogP contribution in [0.4, 0.5) is 0 Å². The van der Waals surface area contributed by atoms with E-state index in [0.717, 1.165) is 42.2 Å². The third-order valence-electron chi connectivity index (χ3n) is 3.79. The van der Waals surface area contributed by atoms with Gasteiger partial charge in [-0.25, -0.2) is 0 Å². The summed E-state index contributed by atoms with van der Waals surface area (Å²) in [5.74, 6) is 2.25. The van der Waals surface area contributed by atoms with E-state index in [9.17, 15) is 0 Å². The van der Waals surface area contributed by atoms with Crippen LogP contribution in [0.2, 0.25) is 0 Å². The third kappa shape index (κ3) is 2.88. The molecule has 5 heteroatoms. The molecule has 0 spiro atoms. The summed E-state index contributed by atoms with van der Waals surface area (Å²) in [4.78, 5) is 0. The Bertz CT molecular complexity index is 460. The number of benzene rings is 1. The fourth-order valence-electron chi connectivity index (χ4n) is 2.52. The second kappa shape index (κ2) is 5.69. The molecule has 1 aromatic carbocycles. The lowest BCUT2D eigenvalue weighted by Crippen LogP contribution is -2.33. The fraction of sp³-hybridized carbons (Fsp3) is 0.571. The molecular formula is C14H18BrNO3. The average molecular weight is 328 g/mol. The van der Waals surface area contributed by atoms with Crippen molar-refractivity contribution in [3.63, 3.8) is 0 Å². The van der Waals surface area contributed by atoms with Crippen molar-refractivity contribution < 1.29 is 14.2 Å². The van der Waals surface area contributed by atoms with Crippen molar-refractivity contribution in [2.45, 2.75) is 25.9 Å². The molecule has 4 nitrogen and oxygen atoms in total. The molecule has 1 fully saturated rings. The highest BCUT2D eigenvalue weighted by Gasteiger charge is 2.22. The monoisotopic (exact) mass is 327 g/mol. The molecule has 0 aromatic heterocycles. The van der Waals surface area contributed by atoms with E-state index >= 15 is 0 Å². The molecule has 0 aliphatic carbocycles. The van der Waals surface area contributed by atoms with Crippen molar-refractivity contribution in [3.8, 4) is 11.5 Å². The SMILES string of the molecule is CC(NCc1cc(Br)c2c(c1)OCO2)C1CCOC1. The van der Waals surface area contributed by atoms with Gasteiger partial charge in [0.25, 0.3) is 0 Å². The maximum atomic E-state index is 5.43. The van der Waals surface area contributed by atoms with Crippen molar-refractivity contribution in [2.24, 2.45) is 5.92 Å². The first-order chi connectivity index (χ1) is 9.24. The zero-order chi connectivity index (χ0) is 13.2. The quantitative estimate of drug-likeness (QED) is 0.923. The standard InChI is InChI=1S/C14H18BrNO3/c1-9(11-2-3-17-7-11)16-6-10-4-12(15)14-13(5-10)18-8-19-14/h4-5,9,11,16H,2-3,6-8H2,1H3. The number of hydrogen-bond donors (Lipinski definition) is 1. The first kappa shape index (κ1) is 13.2. The molecule has 2 unspecified atom stereocenters. The Kier molecular flexibility index (Phi) is 3.96. The molecule has 2 aliphatic heterocycles. The Labute approximate surface area is 121 Å². The van der Waals surface area contributed by atoms with Gasteiger partial charge < -0.3 is 19.5 Å². The second-order valence-corrected chi connectivity index (χ2v) is 5.96. The number of nitrogens with one attached hydrogen (secondary N) is 1. The van der Waals surface area contributed by atoms with E-state index in [2.05, 4.69) is 34.2 Å². The van der Waals surface area contributed by atoms with Crippen molar-refractivity contribution in [1.82, 2.24) is 5.32 Å². The maximum Gasteiger partial charge on any atom is 0.231 e. The maximum absolute atomic E-state index is 5.43. The Morgan fingerprint density at radius 2 is 2.32 bits per heavy atom. The Balaban J connectivity index is 1.62. The predicted octanol–water partition coefficient (Wildman–Crippen LogP) is 2.69. The Hall–Kier alpha value is -0.780. The van der Waals surface area contributed by atoms with Crippen LogP contribution >= 0.6 is 15.9 Å². The van der Waals surface area contributed by atoms with Crippen LogP contribution in [0.25, 0.3) is 0 Å². The number of halogens is 1. The lowest BCUT2D eigenvalue weighted by atomic mass is 10.0. The zero-order valence-corrected chi connectivity index (χ0v) is 12.5. The Morgan fingerprint density at radius 3 is 3.11 bits per heavy atom. The molecule has 0 amide bonds. The van der Waals surface area contributed by atoms with Gasteiger partial charge in [-0.05, 0) is 52.9 Å². The first-order valence-electron chi connectivity index (χ1n) is 6.63. The molecule has 3 rings (SSSR count). The highest BCUT2D eigenvalue weighted by molar-refractivity contribution is 9.10. The van der Waals surface area contributed by atoms with E-state index in [1.165, 1.54) is 5.56 Å². The zero-order valence-electron chi connectivity index (χ0n) is 10.9. The van der Waals surface area contributed by atoms with Crippen molar-refractivity contribution in [1.29, 1.82) is 0 Å². The molecule has 1 saturated heterocycles. The van der Waals surface area contributed by atoms with Gasteiger partial charge in [0, 0.05) is 19.2 Å². The summed E-state index contributed by atoms with van der Waals surface area (Å²) in [7, 11) is 0. The molecule has 1 aromatic rings. The molecule has 2 aliphatic rings. The molecule has 0 bridgehead atoms. The van der Waals surface area contributed by atoms with Crippen LogP contribution in [0.15, 0.2) is 16.6 Å². The van der Waals surface area contributed by atoms with E-state index in [0.29, 0.717) is 18.8 Å². The van der Waals surface area contributed by atoms with Crippen LogP contribution in [-0.2, 0) is 11.3 Å². The topological polar surface area (TPSA) is 39.7 Å². The van der Waals surface area contributed by atoms with Crippen LogP contribution in [0.1, 0.15) is 18.9 Å².